The van der Waals surface area contributed by atoms with E-state index in [9.17, 15) is 14.4 Å². The topological polar surface area (TPSA) is 79.0 Å². The zero-order valence-electron chi connectivity index (χ0n) is 20.6. The molecule has 7 nitrogen and oxygen atoms in total. The lowest BCUT2D eigenvalue weighted by Crippen LogP contribution is -2.55. The minimum absolute atomic E-state index is 0.214. The Bertz CT molecular complexity index is 1440. The van der Waals surface area contributed by atoms with Crippen molar-refractivity contribution in [2.45, 2.75) is 18.5 Å². The predicted octanol–water partition coefficient (Wildman–Crippen LogP) is 3.75. The molecule has 0 bridgehead atoms. The highest BCUT2D eigenvalue weighted by atomic mass is 16.5. The fraction of sp³-hybridized carbons (Fsp3) is 0.233. The Morgan fingerprint density at radius 1 is 0.892 bits per heavy atom. The molecule has 2 fully saturated rings. The molecular formula is C30H27N3O4. The second kappa shape index (κ2) is 8.71. The molecule has 0 unspecified atom stereocenters. The number of ether oxygens (including phenoxy) is 1. The van der Waals surface area contributed by atoms with E-state index in [2.05, 4.69) is 5.32 Å². The summed E-state index contributed by atoms with van der Waals surface area (Å²) >= 11 is 0. The first-order chi connectivity index (χ1) is 18.0. The maximum absolute atomic E-state index is 14.3. The van der Waals surface area contributed by atoms with Gasteiger partial charge in [0.1, 0.15) is 11.3 Å². The summed E-state index contributed by atoms with van der Waals surface area (Å²) in [5.74, 6) is -2.02. The molecule has 1 N–H and O–H groups in total. The summed E-state index contributed by atoms with van der Waals surface area (Å²) in [6.07, 6.45) is 3.92. The zero-order chi connectivity index (χ0) is 25.7. The number of carbonyl (C=O) groups excluding carboxylic acids is 3. The molecule has 3 aliphatic heterocycles. The van der Waals surface area contributed by atoms with Crippen molar-refractivity contribution in [1.82, 2.24) is 5.32 Å². The molecule has 0 aromatic heterocycles. The lowest BCUT2D eigenvalue weighted by atomic mass is 9.76. The number of amides is 3. The number of hydrogen-bond acceptors (Lipinski definition) is 5. The van der Waals surface area contributed by atoms with Crippen LogP contribution in [-0.2, 0) is 19.9 Å². The Balaban J connectivity index is 1.41. The van der Waals surface area contributed by atoms with Crippen LogP contribution in [0.3, 0.4) is 0 Å². The van der Waals surface area contributed by atoms with Gasteiger partial charge in [0, 0.05) is 23.8 Å². The maximum atomic E-state index is 14.3. The molecule has 4 atom stereocenters. The number of nitrogens with one attached hydrogen (secondary N) is 1. The van der Waals surface area contributed by atoms with Crippen molar-refractivity contribution in [2.75, 3.05) is 23.5 Å². The molecule has 0 saturated carbocycles. The van der Waals surface area contributed by atoms with E-state index in [1.807, 2.05) is 73.7 Å². The van der Waals surface area contributed by atoms with Gasteiger partial charge in [0.2, 0.25) is 11.8 Å². The summed E-state index contributed by atoms with van der Waals surface area (Å²) in [6.45, 7) is 2.22. The Morgan fingerprint density at radius 3 is 2.32 bits per heavy atom. The Hall–Kier alpha value is -4.23. The third-order valence-corrected chi connectivity index (χ3v) is 7.74. The van der Waals surface area contributed by atoms with Gasteiger partial charge in [0.05, 0.1) is 24.6 Å². The number of anilines is 2. The molecule has 2 saturated heterocycles. The van der Waals surface area contributed by atoms with Crippen LogP contribution in [0, 0.1) is 11.8 Å². The first-order valence-corrected chi connectivity index (χ1v) is 12.4. The number of rotatable bonds is 5. The first kappa shape index (κ1) is 23.2. The molecule has 0 radical (unpaired) electrons. The molecule has 186 valence electrons. The quantitative estimate of drug-likeness (QED) is 0.548. The van der Waals surface area contributed by atoms with Crippen LogP contribution < -0.4 is 19.9 Å². The second-order valence-electron chi connectivity index (χ2n) is 9.67. The van der Waals surface area contributed by atoms with Crippen molar-refractivity contribution in [3.63, 3.8) is 0 Å². The average molecular weight is 494 g/mol. The van der Waals surface area contributed by atoms with E-state index in [1.54, 1.807) is 29.2 Å². The zero-order valence-corrected chi connectivity index (χ0v) is 20.6. The van der Waals surface area contributed by atoms with Crippen molar-refractivity contribution < 1.29 is 19.1 Å². The van der Waals surface area contributed by atoms with Gasteiger partial charge in [-0.1, -0.05) is 72.8 Å². The number of benzene rings is 3. The van der Waals surface area contributed by atoms with E-state index >= 15 is 0 Å². The average Bonchev–Trinajstić information content (AvgIpc) is 3.47. The van der Waals surface area contributed by atoms with Crippen LogP contribution in [-0.4, -0.2) is 37.4 Å². The second-order valence-corrected chi connectivity index (χ2v) is 9.67. The number of hydrogen-bond donors (Lipinski definition) is 1. The van der Waals surface area contributed by atoms with E-state index in [0.717, 1.165) is 16.8 Å². The fourth-order valence-electron chi connectivity index (χ4n) is 6.20. The van der Waals surface area contributed by atoms with Crippen LogP contribution in [0.25, 0.3) is 6.08 Å². The van der Waals surface area contributed by atoms with Gasteiger partial charge in [-0.15, -0.1) is 0 Å². The van der Waals surface area contributed by atoms with Gasteiger partial charge in [-0.3, -0.25) is 19.7 Å². The van der Waals surface area contributed by atoms with Crippen LogP contribution in [0.4, 0.5) is 11.4 Å². The standard InChI is InChI=1S/C30H27N3O4/c1-19-25-26(28(35)33(27(25)34)23-16-8-9-17-24(23)37-2)30(31-19)21-14-6-7-15-22(21)32(29(30)36)18-10-13-20-11-4-3-5-12-20/h3-17,19,25-26,31H,18H2,1-2H3/b13-10-/t19-,25+,26+,30-/m0/s1. The van der Waals surface area contributed by atoms with Crippen LogP contribution in [0.2, 0.25) is 0 Å². The van der Waals surface area contributed by atoms with E-state index < -0.39 is 17.4 Å². The SMILES string of the molecule is COc1ccccc1N1C(=O)[C@@H]2[C@H](C)N[C@]3(C(=O)N(C/C=C\c4ccccc4)c4ccccc43)[C@H]2C1=O. The van der Waals surface area contributed by atoms with Crippen molar-refractivity contribution in [3.05, 3.63) is 96.1 Å². The predicted molar refractivity (Wildman–Crippen MR) is 141 cm³/mol. The molecule has 3 aliphatic rings. The van der Waals surface area contributed by atoms with E-state index in [1.165, 1.54) is 12.0 Å². The third-order valence-electron chi connectivity index (χ3n) is 7.74. The molecule has 6 rings (SSSR count). The number of carbonyl (C=O) groups is 3. The highest BCUT2D eigenvalue weighted by Crippen LogP contribution is 2.55. The molecule has 37 heavy (non-hydrogen) atoms. The van der Waals surface area contributed by atoms with E-state index in [-0.39, 0.29) is 23.8 Å². The summed E-state index contributed by atoms with van der Waals surface area (Å²) in [4.78, 5) is 45.0. The number of fused-ring (bicyclic) bond motifs is 4. The summed E-state index contributed by atoms with van der Waals surface area (Å²) in [5.41, 5.74) is 1.61. The Morgan fingerprint density at radius 2 is 1.57 bits per heavy atom. The highest BCUT2D eigenvalue weighted by Gasteiger charge is 2.71. The number of para-hydroxylation sites is 3. The molecule has 1 spiro atoms. The van der Waals surface area contributed by atoms with Crippen LogP contribution >= 0.6 is 0 Å². The van der Waals surface area contributed by atoms with Crippen molar-refractivity contribution >= 4 is 35.2 Å². The van der Waals surface area contributed by atoms with E-state index in [4.69, 9.17) is 4.74 Å². The first-order valence-electron chi connectivity index (χ1n) is 12.4. The largest absolute Gasteiger partial charge is 0.495 e. The van der Waals surface area contributed by atoms with E-state index in [0.29, 0.717) is 18.0 Å². The van der Waals surface area contributed by atoms with Gasteiger partial charge in [0.25, 0.3) is 5.91 Å². The van der Waals surface area contributed by atoms with Crippen molar-refractivity contribution in [1.29, 1.82) is 0 Å². The van der Waals surface area contributed by atoms with Crippen LogP contribution in [0.5, 0.6) is 5.75 Å². The fourth-order valence-corrected chi connectivity index (χ4v) is 6.20. The summed E-state index contributed by atoms with van der Waals surface area (Å²) in [7, 11) is 1.51. The summed E-state index contributed by atoms with van der Waals surface area (Å²) in [6, 6.07) is 24.0. The van der Waals surface area contributed by atoms with Crippen molar-refractivity contribution in [3.8, 4) is 5.75 Å². The summed E-state index contributed by atoms with van der Waals surface area (Å²) < 4.78 is 5.45. The molecular weight excluding hydrogens is 466 g/mol. The Labute approximate surface area is 215 Å². The Kier molecular flexibility index (Phi) is 5.46. The van der Waals surface area contributed by atoms with Gasteiger partial charge in [-0.25, -0.2) is 4.90 Å². The molecule has 0 aliphatic carbocycles. The monoisotopic (exact) mass is 493 g/mol. The lowest BCUT2D eigenvalue weighted by molar-refractivity contribution is -0.132. The molecule has 3 amide bonds. The van der Waals surface area contributed by atoms with Gasteiger partial charge in [-0.05, 0) is 30.7 Å². The molecule has 3 aromatic carbocycles. The van der Waals surface area contributed by atoms with Crippen LogP contribution in [0.15, 0.2) is 84.9 Å². The highest BCUT2D eigenvalue weighted by molar-refractivity contribution is 6.26. The molecule has 3 heterocycles. The number of nitrogens with zero attached hydrogens (tertiary/aromatic N) is 2. The van der Waals surface area contributed by atoms with Gasteiger partial charge >= 0.3 is 0 Å². The van der Waals surface area contributed by atoms with Gasteiger partial charge in [-0.2, -0.15) is 0 Å². The number of methoxy groups -OCH3 is 1. The number of imide groups is 1. The van der Waals surface area contributed by atoms with Crippen molar-refractivity contribution in [2.24, 2.45) is 11.8 Å². The minimum Gasteiger partial charge on any atom is -0.495 e. The maximum Gasteiger partial charge on any atom is 0.253 e. The summed E-state index contributed by atoms with van der Waals surface area (Å²) in [5, 5.41) is 3.42. The lowest BCUT2D eigenvalue weighted by Gasteiger charge is -2.30. The minimum atomic E-state index is -1.31. The third kappa shape index (κ3) is 3.27. The smallest absolute Gasteiger partial charge is 0.253 e. The van der Waals surface area contributed by atoms with Crippen LogP contribution in [0.1, 0.15) is 18.1 Å². The normalized spacial score (nSPS) is 26.4. The van der Waals surface area contributed by atoms with Gasteiger partial charge in [0.15, 0.2) is 0 Å². The van der Waals surface area contributed by atoms with Gasteiger partial charge < -0.3 is 9.64 Å². The molecule has 7 heteroatoms. The molecule has 3 aromatic rings.